The van der Waals surface area contributed by atoms with E-state index < -0.39 is 0 Å². The van der Waals surface area contributed by atoms with Gasteiger partial charge in [-0.2, -0.15) is 0 Å². The van der Waals surface area contributed by atoms with Crippen LogP contribution in [0.2, 0.25) is 0 Å². The molecule has 0 aliphatic heterocycles. The molecule has 1 aromatic heterocycles. The maximum atomic E-state index is 12.0. The van der Waals surface area contributed by atoms with Crippen LogP contribution in [0.3, 0.4) is 0 Å². The number of amides is 1. The SMILES string of the molecule is CCC(=O)N(Cc1cccnc1)c1ccccc1.Cl. The number of benzene rings is 1. The van der Waals surface area contributed by atoms with E-state index in [9.17, 15) is 4.79 Å². The molecule has 0 N–H and O–H groups in total. The summed E-state index contributed by atoms with van der Waals surface area (Å²) in [6.07, 6.45) is 4.02. The molecule has 2 rings (SSSR count). The van der Waals surface area contributed by atoms with Gasteiger partial charge >= 0.3 is 0 Å². The Morgan fingerprint density at radius 2 is 1.89 bits per heavy atom. The molecule has 0 radical (unpaired) electrons. The highest BCUT2D eigenvalue weighted by Crippen LogP contribution is 2.17. The number of pyridine rings is 1. The first-order chi connectivity index (χ1) is 8.81. The maximum Gasteiger partial charge on any atom is 0.227 e. The zero-order valence-corrected chi connectivity index (χ0v) is 11.6. The van der Waals surface area contributed by atoms with Crippen LogP contribution in [0, 0.1) is 0 Å². The van der Waals surface area contributed by atoms with Crippen molar-refractivity contribution in [3.05, 3.63) is 60.4 Å². The summed E-state index contributed by atoms with van der Waals surface area (Å²) < 4.78 is 0. The zero-order chi connectivity index (χ0) is 12.8. The molecular weight excluding hydrogens is 260 g/mol. The lowest BCUT2D eigenvalue weighted by Crippen LogP contribution is -2.29. The van der Waals surface area contributed by atoms with Gasteiger partial charge in [-0.25, -0.2) is 0 Å². The molecule has 100 valence electrons. The number of aromatic nitrogens is 1. The summed E-state index contributed by atoms with van der Waals surface area (Å²) in [5.74, 6) is 0.116. The molecule has 0 bridgehead atoms. The number of nitrogens with zero attached hydrogens (tertiary/aromatic N) is 2. The molecule has 0 saturated carbocycles. The number of halogens is 1. The summed E-state index contributed by atoms with van der Waals surface area (Å²) in [5, 5.41) is 0. The highest BCUT2D eigenvalue weighted by atomic mass is 35.5. The van der Waals surface area contributed by atoms with Crippen molar-refractivity contribution in [2.45, 2.75) is 19.9 Å². The average molecular weight is 277 g/mol. The molecule has 1 heterocycles. The molecule has 2 aromatic rings. The van der Waals surface area contributed by atoms with Crippen LogP contribution in [0.15, 0.2) is 54.9 Å². The van der Waals surface area contributed by atoms with Gasteiger partial charge in [0.1, 0.15) is 0 Å². The Bertz CT molecular complexity index is 502. The molecule has 4 heteroatoms. The number of rotatable bonds is 4. The van der Waals surface area contributed by atoms with Crippen LogP contribution in [0.25, 0.3) is 0 Å². The van der Waals surface area contributed by atoms with E-state index >= 15 is 0 Å². The van der Waals surface area contributed by atoms with Crippen molar-refractivity contribution in [2.75, 3.05) is 4.90 Å². The number of anilines is 1. The van der Waals surface area contributed by atoms with Gasteiger partial charge < -0.3 is 4.90 Å². The maximum absolute atomic E-state index is 12.0. The van der Waals surface area contributed by atoms with E-state index in [-0.39, 0.29) is 18.3 Å². The minimum Gasteiger partial charge on any atom is -0.308 e. The molecule has 0 fully saturated rings. The lowest BCUT2D eigenvalue weighted by Gasteiger charge is -2.22. The molecular formula is C15H17ClN2O. The average Bonchev–Trinajstić information content (AvgIpc) is 2.46. The van der Waals surface area contributed by atoms with Crippen molar-refractivity contribution in [1.29, 1.82) is 0 Å². The van der Waals surface area contributed by atoms with E-state index in [2.05, 4.69) is 4.98 Å². The van der Waals surface area contributed by atoms with Crippen LogP contribution >= 0.6 is 12.4 Å². The van der Waals surface area contributed by atoms with Gasteiger partial charge in [-0.15, -0.1) is 12.4 Å². The zero-order valence-electron chi connectivity index (χ0n) is 10.8. The van der Waals surface area contributed by atoms with Crippen LogP contribution in [0.5, 0.6) is 0 Å². The number of para-hydroxylation sites is 1. The van der Waals surface area contributed by atoms with Gasteiger partial charge in [0, 0.05) is 24.5 Å². The van der Waals surface area contributed by atoms with Crippen LogP contribution in [-0.4, -0.2) is 10.9 Å². The Morgan fingerprint density at radius 3 is 2.47 bits per heavy atom. The van der Waals surface area contributed by atoms with Crippen LogP contribution < -0.4 is 4.90 Å². The molecule has 3 nitrogen and oxygen atoms in total. The lowest BCUT2D eigenvalue weighted by molar-refractivity contribution is -0.118. The molecule has 0 spiro atoms. The van der Waals surface area contributed by atoms with E-state index in [1.807, 2.05) is 49.4 Å². The van der Waals surface area contributed by atoms with Crippen LogP contribution in [0.1, 0.15) is 18.9 Å². The quantitative estimate of drug-likeness (QED) is 0.857. The topological polar surface area (TPSA) is 33.2 Å². The standard InChI is InChI=1S/C15H16N2O.ClH/c1-2-15(18)17(14-8-4-3-5-9-14)12-13-7-6-10-16-11-13;/h3-11H,2,12H2,1H3;1H. The van der Waals surface area contributed by atoms with Crippen molar-refractivity contribution < 1.29 is 4.79 Å². The van der Waals surface area contributed by atoms with E-state index in [0.717, 1.165) is 11.3 Å². The van der Waals surface area contributed by atoms with Crippen molar-refractivity contribution in [1.82, 2.24) is 4.98 Å². The summed E-state index contributed by atoms with van der Waals surface area (Å²) in [5.41, 5.74) is 1.95. The van der Waals surface area contributed by atoms with E-state index in [4.69, 9.17) is 0 Å². The molecule has 0 aliphatic carbocycles. The van der Waals surface area contributed by atoms with Crippen LogP contribution in [0.4, 0.5) is 5.69 Å². The van der Waals surface area contributed by atoms with E-state index in [1.165, 1.54) is 0 Å². The Balaban J connectivity index is 0.00000180. The van der Waals surface area contributed by atoms with Crippen molar-refractivity contribution >= 4 is 24.0 Å². The number of carbonyl (C=O) groups is 1. The predicted octanol–water partition coefficient (Wildman–Crippen LogP) is 3.45. The Labute approximate surface area is 119 Å². The third kappa shape index (κ3) is 4.07. The van der Waals surface area contributed by atoms with Gasteiger partial charge in [0.2, 0.25) is 5.91 Å². The molecule has 1 amide bonds. The Kier molecular flexibility index (Phi) is 6.03. The summed E-state index contributed by atoms with van der Waals surface area (Å²) in [6, 6.07) is 13.6. The fraction of sp³-hybridized carbons (Fsp3) is 0.200. The number of hydrogen-bond acceptors (Lipinski definition) is 2. The smallest absolute Gasteiger partial charge is 0.227 e. The summed E-state index contributed by atoms with van der Waals surface area (Å²) in [4.78, 5) is 17.9. The summed E-state index contributed by atoms with van der Waals surface area (Å²) in [6.45, 7) is 2.44. The van der Waals surface area contributed by atoms with Crippen molar-refractivity contribution in [3.63, 3.8) is 0 Å². The molecule has 0 aliphatic rings. The van der Waals surface area contributed by atoms with E-state index in [0.29, 0.717) is 13.0 Å². The number of carbonyl (C=O) groups excluding carboxylic acids is 1. The Morgan fingerprint density at radius 1 is 1.16 bits per heavy atom. The number of hydrogen-bond donors (Lipinski definition) is 0. The third-order valence-electron chi connectivity index (χ3n) is 2.73. The van der Waals surface area contributed by atoms with Gasteiger partial charge in [0.25, 0.3) is 0 Å². The second kappa shape index (κ2) is 7.54. The van der Waals surface area contributed by atoms with Crippen molar-refractivity contribution in [3.8, 4) is 0 Å². The van der Waals surface area contributed by atoms with Crippen LogP contribution in [-0.2, 0) is 11.3 Å². The fourth-order valence-electron chi connectivity index (χ4n) is 1.80. The second-order valence-electron chi connectivity index (χ2n) is 4.03. The van der Waals surface area contributed by atoms with Gasteiger partial charge in [0.15, 0.2) is 0 Å². The normalized spacial score (nSPS) is 9.53. The minimum absolute atomic E-state index is 0. The molecule has 19 heavy (non-hydrogen) atoms. The van der Waals surface area contributed by atoms with E-state index in [1.54, 1.807) is 17.3 Å². The first-order valence-corrected chi connectivity index (χ1v) is 6.05. The Hall–Kier alpha value is -1.87. The van der Waals surface area contributed by atoms with Gasteiger partial charge in [-0.05, 0) is 23.8 Å². The highest BCUT2D eigenvalue weighted by molar-refractivity contribution is 5.92. The fourth-order valence-corrected chi connectivity index (χ4v) is 1.80. The third-order valence-corrected chi connectivity index (χ3v) is 2.73. The van der Waals surface area contributed by atoms with Gasteiger partial charge in [-0.1, -0.05) is 31.2 Å². The monoisotopic (exact) mass is 276 g/mol. The second-order valence-corrected chi connectivity index (χ2v) is 4.03. The molecule has 0 saturated heterocycles. The summed E-state index contributed by atoms with van der Waals surface area (Å²) in [7, 11) is 0. The first-order valence-electron chi connectivity index (χ1n) is 6.05. The summed E-state index contributed by atoms with van der Waals surface area (Å²) >= 11 is 0. The molecule has 0 unspecified atom stereocenters. The molecule has 0 atom stereocenters. The van der Waals surface area contributed by atoms with Crippen molar-refractivity contribution in [2.24, 2.45) is 0 Å². The lowest BCUT2D eigenvalue weighted by atomic mass is 10.2. The predicted molar refractivity (Wildman–Crippen MR) is 79.4 cm³/mol. The largest absolute Gasteiger partial charge is 0.308 e. The highest BCUT2D eigenvalue weighted by Gasteiger charge is 2.13. The first kappa shape index (κ1) is 15.2. The van der Waals surface area contributed by atoms with Gasteiger partial charge in [-0.3, -0.25) is 9.78 Å². The minimum atomic E-state index is 0. The molecule has 1 aromatic carbocycles. The van der Waals surface area contributed by atoms with Gasteiger partial charge in [0.05, 0.1) is 6.54 Å².